The number of aromatic nitrogens is 1. The Morgan fingerprint density at radius 3 is 2.75 bits per heavy atom. The van der Waals surface area contributed by atoms with E-state index >= 15 is 0 Å². The minimum absolute atomic E-state index is 0.280. The molecule has 1 aromatic carbocycles. The number of hydrogen-bond acceptors (Lipinski definition) is 3. The van der Waals surface area contributed by atoms with Crippen LogP contribution in [0.3, 0.4) is 0 Å². The molecule has 0 saturated carbocycles. The summed E-state index contributed by atoms with van der Waals surface area (Å²) in [6.07, 6.45) is 1.67. The summed E-state index contributed by atoms with van der Waals surface area (Å²) in [6, 6.07) is 3.90. The second kappa shape index (κ2) is 3.99. The fraction of sp³-hybridized carbons (Fsp3) is 0.0909. The number of halogens is 1. The van der Waals surface area contributed by atoms with E-state index in [0.717, 1.165) is 20.8 Å². The van der Waals surface area contributed by atoms with Crippen molar-refractivity contribution in [2.24, 2.45) is 5.73 Å². The molecule has 0 aliphatic rings. The van der Waals surface area contributed by atoms with Gasteiger partial charge in [0.1, 0.15) is 10.7 Å². The van der Waals surface area contributed by atoms with Crippen molar-refractivity contribution in [3.63, 3.8) is 0 Å². The second-order valence-corrected chi connectivity index (χ2v) is 4.89. The molecule has 0 radical (unpaired) electrons. The minimum Gasteiger partial charge on any atom is -0.398 e. The molecular weight excluding hydrogens is 286 g/mol. The molecule has 2 rings (SSSR count). The lowest BCUT2D eigenvalue weighted by atomic mass is 10.0. The summed E-state index contributed by atoms with van der Waals surface area (Å²) in [6.45, 7) is 1.97. The standard InChI is InChI=1S/C11H10BrN3S/c1-5-2-6-9(8(13)3-5)7(12)4-15-10(6)11(14)16/h2-4H,13H2,1H3,(H2,14,16). The lowest BCUT2D eigenvalue weighted by Gasteiger charge is -2.09. The lowest BCUT2D eigenvalue weighted by Crippen LogP contribution is -2.12. The van der Waals surface area contributed by atoms with Crippen LogP contribution in [0.15, 0.2) is 22.8 Å². The first-order valence-electron chi connectivity index (χ1n) is 4.65. The van der Waals surface area contributed by atoms with Crippen LogP contribution in [-0.2, 0) is 0 Å². The Morgan fingerprint density at radius 1 is 1.44 bits per heavy atom. The van der Waals surface area contributed by atoms with Crippen molar-refractivity contribution in [1.82, 2.24) is 4.98 Å². The van der Waals surface area contributed by atoms with Gasteiger partial charge in [0.25, 0.3) is 0 Å². The van der Waals surface area contributed by atoms with Crippen molar-refractivity contribution < 1.29 is 0 Å². The average molecular weight is 296 g/mol. The number of pyridine rings is 1. The third-order valence-electron chi connectivity index (χ3n) is 2.35. The summed E-state index contributed by atoms with van der Waals surface area (Å²) in [4.78, 5) is 4.50. The van der Waals surface area contributed by atoms with Crippen LogP contribution in [-0.4, -0.2) is 9.97 Å². The largest absolute Gasteiger partial charge is 0.398 e. The van der Waals surface area contributed by atoms with Gasteiger partial charge in [-0.05, 0) is 40.5 Å². The second-order valence-electron chi connectivity index (χ2n) is 3.60. The van der Waals surface area contributed by atoms with Gasteiger partial charge in [-0.2, -0.15) is 0 Å². The van der Waals surface area contributed by atoms with E-state index in [4.69, 9.17) is 23.7 Å². The zero-order valence-corrected chi connectivity index (χ0v) is 11.0. The van der Waals surface area contributed by atoms with Crippen LogP contribution in [0.25, 0.3) is 10.8 Å². The molecule has 0 atom stereocenters. The third-order valence-corrected chi connectivity index (χ3v) is 3.14. The van der Waals surface area contributed by atoms with Crippen LogP contribution in [0.4, 0.5) is 5.69 Å². The molecule has 0 aliphatic carbocycles. The van der Waals surface area contributed by atoms with Gasteiger partial charge < -0.3 is 11.5 Å². The number of anilines is 1. The maximum Gasteiger partial charge on any atom is 0.123 e. The number of aryl methyl sites for hydroxylation is 1. The number of nitrogen functional groups attached to an aromatic ring is 1. The molecular formula is C11H10BrN3S. The van der Waals surface area contributed by atoms with E-state index in [2.05, 4.69) is 20.9 Å². The number of nitrogens with two attached hydrogens (primary N) is 2. The Bertz CT molecular complexity index is 595. The summed E-state index contributed by atoms with van der Waals surface area (Å²) >= 11 is 8.41. The monoisotopic (exact) mass is 295 g/mol. The van der Waals surface area contributed by atoms with Crippen molar-refractivity contribution in [2.75, 3.05) is 5.73 Å². The maximum atomic E-state index is 5.99. The van der Waals surface area contributed by atoms with Gasteiger partial charge in [-0.25, -0.2) is 0 Å². The summed E-state index contributed by atoms with van der Waals surface area (Å²) < 4.78 is 0.847. The SMILES string of the molecule is Cc1cc(N)c2c(Br)cnc(C(N)=S)c2c1. The van der Waals surface area contributed by atoms with Crippen LogP contribution in [0.2, 0.25) is 0 Å². The fourth-order valence-electron chi connectivity index (χ4n) is 1.72. The Morgan fingerprint density at radius 2 is 2.12 bits per heavy atom. The molecule has 4 N–H and O–H groups in total. The number of benzene rings is 1. The fourth-order valence-corrected chi connectivity index (χ4v) is 2.43. The first-order chi connectivity index (χ1) is 7.50. The Hall–Kier alpha value is -1.20. The molecule has 0 fully saturated rings. The van der Waals surface area contributed by atoms with Gasteiger partial charge in [0.2, 0.25) is 0 Å². The number of thiocarbonyl (C=S) groups is 1. The van der Waals surface area contributed by atoms with Crippen LogP contribution >= 0.6 is 28.1 Å². The summed E-state index contributed by atoms with van der Waals surface area (Å²) in [5.74, 6) is 0. The molecule has 82 valence electrons. The number of hydrogen-bond donors (Lipinski definition) is 2. The zero-order valence-electron chi connectivity index (χ0n) is 8.62. The lowest BCUT2D eigenvalue weighted by molar-refractivity contribution is 1.31. The molecule has 0 bridgehead atoms. The van der Waals surface area contributed by atoms with E-state index in [0.29, 0.717) is 11.4 Å². The van der Waals surface area contributed by atoms with E-state index in [1.807, 2.05) is 19.1 Å². The van der Waals surface area contributed by atoms with Gasteiger partial charge >= 0.3 is 0 Å². The summed E-state index contributed by atoms with van der Waals surface area (Å²) in [5.41, 5.74) is 14.0. The van der Waals surface area contributed by atoms with E-state index in [1.165, 1.54) is 0 Å². The molecule has 16 heavy (non-hydrogen) atoms. The molecule has 3 nitrogen and oxygen atoms in total. The van der Waals surface area contributed by atoms with Crippen molar-refractivity contribution >= 4 is 49.6 Å². The molecule has 0 unspecified atom stereocenters. The third kappa shape index (κ3) is 1.76. The van der Waals surface area contributed by atoms with Gasteiger partial charge in [-0.3, -0.25) is 4.98 Å². The summed E-state index contributed by atoms with van der Waals surface area (Å²) in [5, 5.41) is 1.79. The van der Waals surface area contributed by atoms with Crippen LogP contribution < -0.4 is 11.5 Å². The Balaban J connectivity index is 2.98. The van der Waals surface area contributed by atoms with Gasteiger partial charge in [0.05, 0.1) is 0 Å². The van der Waals surface area contributed by atoms with Gasteiger partial charge in [0, 0.05) is 27.1 Å². The van der Waals surface area contributed by atoms with E-state index in [9.17, 15) is 0 Å². The van der Waals surface area contributed by atoms with Crippen LogP contribution in [0.5, 0.6) is 0 Å². The Kier molecular flexibility index (Phi) is 2.82. The molecule has 0 amide bonds. The highest BCUT2D eigenvalue weighted by molar-refractivity contribution is 9.10. The highest BCUT2D eigenvalue weighted by Gasteiger charge is 2.11. The smallest absolute Gasteiger partial charge is 0.123 e. The minimum atomic E-state index is 0.280. The topological polar surface area (TPSA) is 64.9 Å². The van der Waals surface area contributed by atoms with Crippen molar-refractivity contribution in [3.05, 3.63) is 34.1 Å². The molecule has 5 heteroatoms. The molecule has 1 aromatic heterocycles. The normalized spacial score (nSPS) is 10.6. The molecule has 2 aromatic rings. The van der Waals surface area contributed by atoms with E-state index in [-0.39, 0.29) is 4.99 Å². The van der Waals surface area contributed by atoms with E-state index < -0.39 is 0 Å². The maximum absolute atomic E-state index is 5.99. The molecule has 0 aliphatic heterocycles. The van der Waals surface area contributed by atoms with Crippen molar-refractivity contribution in [3.8, 4) is 0 Å². The highest BCUT2D eigenvalue weighted by Crippen LogP contribution is 2.31. The molecule has 1 heterocycles. The van der Waals surface area contributed by atoms with Gasteiger partial charge in [-0.15, -0.1) is 0 Å². The van der Waals surface area contributed by atoms with Crippen LogP contribution in [0.1, 0.15) is 11.3 Å². The number of rotatable bonds is 1. The first-order valence-corrected chi connectivity index (χ1v) is 5.85. The Labute approximate surface area is 107 Å². The number of fused-ring (bicyclic) bond motifs is 1. The summed E-state index contributed by atoms with van der Waals surface area (Å²) in [7, 11) is 0. The van der Waals surface area contributed by atoms with Gasteiger partial charge in [-0.1, -0.05) is 12.2 Å². The van der Waals surface area contributed by atoms with Crippen molar-refractivity contribution in [1.29, 1.82) is 0 Å². The van der Waals surface area contributed by atoms with Gasteiger partial charge in [0.15, 0.2) is 0 Å². The van der Waals surface area contributed by atoms with Crippen molar-refractivity contribution in [2.45, 2.75) is 6.92 Å². The number of nitrogens with zero attached hydrogens (tertiary/aromatic N) is 1. The molecule has 0 saturated heterocycles. The predicted molar refractivity (Wildman–Crippen MR) is 74.5 cm³/mol. The first kappa shape index (κ1) is 11.3. The zero-order chi connectivity index (χ0) is 11.9. The molecule has 0 spiro atoms. The van der Waals surface area contributed by atoms with Crippen LogP contribution in [0, 0.1) is 6.92 Å². The average Bonchev–Trinajstić information content (AvgIpc) is 2.15. The quantitative estimate of drug-likeness (QED) is 0.627. The highest BCUT2D eigenvalue weighted by atomic mass is 79.9. The van der Waals surface area contributed by atoms with E-state index in [1.54, 1.807) is 6.20 Å². The predicted octanol–water partition coefficient (Wildman–Crippen LogP) is 2.52.